The molecule has 7 heteroatoms. The minimum atomic E-state index is -0.556. The number of aryl methyl sites for hydroxylation is 2. The van der Waals surface area contributed by atoms with Gasteiger partial charge in [-0.15, -0.1) is 0 Å². The van der Waals surface area contributed by atoms with Gasteiger partial charge < -0.3 is 10.4 Å². The Morgan fingerprint density at radius 1 is 1.42 bits per heavy atom. The second kappa shape index (κ2) is 5.18. The lowest BCUT2D eigenvalue weighted by atomic mass is 10.3. The highest BCUT2D eigenvalue weighted by atomic mass is 16.3. The first kappa shape index (κ1) is 12.6. The average Bonchev–Trinajstić information content (AvgIpc) is 2.65. The Morgan fingerprint density at radius 3 is 2.74 bits per heavy atom. The zero-order valence-corrected chi connectivity index (χ0v) is 10.5. The Balaban J connectivity index is 2.29. The van der Waals surface area contributed by atoms with Crippen molar-refractivity contribution in [2.24, 2.45) is 12.0 Å². The molecule has 0 spiro atoms. The number of anilines is 1. The van der Waals surface area contributed by atoms with E-state index in [1.807, 2.05) is 6.07 Å². The minimum absolute atomic E-state index is 0.186. The highest BCUT2D eigenvalue weighted by Gasteiger charge is 2.23. The smallest absolute Gasteiger partial charge is 0.451 e. The Morgan fingerprint density at radius 2 is 2.11 bits per heavy atom. The number of aliphatic imine (C=N–C) groups is 1. The topological polar surface area (TPSA) is 93.4 Å². The number of benzene rings is 1. The van der Waals surface area contributed by atoms with Crippen molar-refractivity contribution in [2.45, 2.75) is 6.92 Å². The molecule has 0 aliphatic rings. The number of diazo groups is 1. The van der Waals surface area contributed by atoms with Crippen LogP contribution in [0.15, 0.2) is 35.3 Å². The SMILES string of the molecule is Cc1nn(C)c(N=C([O-])Nc2ccccc2)c1[N+]#N. The van der Waals surface area contributed by atoms with Gasteiger partial charge >= 0.3 is 5.69 Å². The molecule has 0 amide bonds. The van der Waals surface area contributed by atoms with E-state index in [2.05, 4.69) is 20.4 Å². The summed E-state index contributed by atoms with van der Waals surface area (Å²) in [6.45, 7) is 1.67. The van der Waals surface area contributed by atoms with Gasteiger partial charge in [0.2, 0.25) is 11.2 Å². The fourth-order valence-electron chi connectivity index (χ4n) is 1.65. The number of amidine groups is 1. The van der Waals surface area contributed by atoms with E-state index in [1.54, 1.807) is 38.2 Å². The highest BCUT2D eigenvalue weighted by Crippen LogP contribution is 2.30. The van der Waals surface area contributed by atoms with Gasteiger partial charge in [0.15, 0.2) is 10.7 Å². The summed E-state index contributed by atoms with van der Waals surface area (Å²) in [6.07, 6.45) is 0. The van der Waals surface area contributed by atoms with Gasteiger partial charge in [-0.3, -0.25) is 0 Å². The summed E-state index contributed by atoms with van der Waals surface area (Å²) >= 11 is 0. The van der Waals surface area contributed by atoms with Crippen LogP contribution in [0.3, 0.4) is 0 Å². The summed E-state index contributed by atoms with van der Waals surface area (Å²) in [6, 6.07) is 8.40. The van der Waals surface area contributed by atoms with Gasteiger partial charge in [-0.1, -0.05) is 18.2 Å². The first-order chi connectivity index (χ1) is 9.11. The third-order valence-electron chi connectivity index (χ3n) is 2.49. The normalized spacial score (nSPS) is 11.1. The van der Waals surface area contributed by atoms with E-state index in [1.165, 1.54) is 4.68 Å². The van der Waals surface area contributed by atoms with Crippen LogP contribution in [0.5, 0.6) is 0 Å². The Hall–Kier alpha value is -2.88. The first-order valence-corrected chi connectivity index (χ1v) is 5.58. The second-order valence-corrected chi connectivity index (χ2v) is 3.89. The van der Waals surface area contributed by atoms with Crippen LogP contribution in [-0.2, 0) is 7.05 Å². The number of nitrogens with zero attached hydrogens (tertiary/aromatic N) is 5. The van der Waals surface area contributed by atoms with Crippen molar-refractivity contribution >= 4 is 23.2 Å². The second-order valence-electron chi connectivity index (χ2n) is 3.89. The van der Waals surface area contributed by atoms with Crippen LogP contribution in [0, 0.1) is 12.3 Å². The Kier molecular flexibility index (Phi) is 3.43. The average molecular weight is 256 g/mol. The number of aromatic nitrogens is 2. The molecule has 0 atom stereocenters. The van der Waals surface area contributed by atoms with Gasteiger partial charge in [-0.2, -0.15) is 5.10 Å². The van der Waals surface area contributed by atoms with Crippen molar-refractivity contribution in [3.8, 4) is 0 Å². The minimum Gasteiger partial charge on any atom is -0.846 e. The number of hydrogen-bond acceptors (Lipinski definition) is 4. The maximum Gasteiger partial charge on any atom is 0.451 e. The number of nitrogens with one attached hydrogen (secondary N) is 1. The van der Waals surface area contributed by atoms with Crippen molar-refractivity contribution < 1.29 is 5.11 Å². The largest absolute Gasteiger partial charge is 0.846 e. The van der Waals surface area contributed by atoms with E-state index in [4.69, 9.17) is 5.39 Å². The summed E-state index contributed by atoms with van der Waals surface area (Å²) in [4.78, 5) is 6.94. The molecular formula is C12H12N6O. The molecule has 1 N–H and O–H groups in total. The van der Waals surface area contributed by atoms with Gasteiger partial charge in [-0.25, -0.2) is 9.67 Å². The lowest BCUT2D eigenvalue weighted by Gasteiger charge is -2.12. The van der Waals surface area contributed by atoms with E-state index < -0.39 is 6.02 Å². The molecule has 0 aliphatic heterocycles. The molecule has 0 radical (unpaired) electrons. The molecule has 0 saturated carbocycles. The molecule has 1 heterocycles. The highest BCUT2D eigenvalue weighted by molar-refractivity contribution is 5.88. The van der Waals surface area contributed by atoms with Gasteiger partial charge in [0, 0.05) is 12.7 Å². The lowest BCUT2D eigenvalue weighted by Crippen LogP contribution is -2.26. The van der Waals surface area contributed by atoms with Crippen molar-refractivity contribution in [3.05, 3.63) is 41.0 Å². The summed E-state index contributed by atoms with van der Waals surface area (Å²) in [5, 5.41) is 27.3. The molecule has 7 nitrogen and oxygen atoms in total. The van der Waals surface area contributed by atoms with Gasteiger partial charge in [-0.05, 0) is 19.1 Å². The van der Waals surface area contributed by atoms with Crippen molar-refractivity contribution in [1.29, 1.82) is 5.39 Å². The van der Waals surface area contributed by atoms with E-state index in [-0.39, 0.29) is 11.5 Å². The molecule has 0 aliphatic carbocycles. The monoisotopic (exact) mass is 256 g/mol. The van der Waals surface area contributed by atoms with Crippen LogP contribution in [0.2, 0.25) is 0 Å². The summed E-state index contributed by atoms with van der Waals surface area (Å²) < 4.78 is 1.38. The summed E-state index contributed by atoms with van der Waals surface area (Å²) in [5.41, 5.74) is 1.32. The fraction of sp³-hybridized carbons (Fsp3) is 0.167. The molecule has 2 aromatic rings. The predicted octanol–water partition coefficient (Wildman–Crippen LogP) is 1.67. The standard InChI is InChI=1S/C12H12N6O/c1-8-10(16-13)11(18(2)17-8)15-12(19)14-9-6-4-3-5-7-9/h3-7H,1-2H3,(H-,14,15,17,19). The molecule has 1 aromatic heterocycles. The third-order valence-corrected chi connectivity index (χ3v) is 2.49. The Bertz CT molecular complexity index is 653. The quantitative estimate of drug-likeness (QED) is 0.502. The summed E-state index contributed by atoms with van der Waals surface area (Å²) in [5.74, 6) is 0.202. The summed E-state index contributed by atoms with van der Waals surface area (Å²) in [7, 11) is 1.62. The van der Waals surface area contributed by atoms with Crippen LogP contribution < -0.4 is 10.4 Å². The molecule has 2 rings (SSSR count). The Labute approximate surface area is 109 Å². The maximum absolute atomic E-state index is 11.8. The molecule has 0 unspecified atom stereocenters. The van der Waals surface area contributed by atoms with Gasteiger partial charge in [0.25, 0.3) is 0 Å². The maximum atomic E-state index is 11.8. The van der Waals surface area contributed by atoms with Crippen LogP contribution in [-0.4, -0.2) is 15.8 Å². The number of para-hydroxylation sites is 1. The lowest BCUT2D eigenvalue weighted by molar-refractivity contribution is -0.214. The van der Waals surface area contributed by atoms with Gasteiger partial charge in [0.1, 0.15) is 0 Å². The molecule has 1 aromatic carbocycles. The van der Waals surface area contributed by atoms with E-state index in [0.717, 1.165) is 0 Å². The number of rotatable bonds is 2. The van der Waals surface area contributed by atoms with Crippen molar-refractivity contribution in [3.63, 3.8) is 0 Å². The van der Waals surface area contributed by atoms with Crippen molar-refractivity contribution in [1.82, 2.24) is 9.78 Å². The molecule has 0 fully saturated rings. The van der Waals surface area contributed by atoms with Crippen LogP contribution in [0.1, 0.15) is 5.69 Å². The van der Waals surface area contributed by atoms with E-state index in [0.29, 0.717) is 11.4 Å². The molecule has 0 bridgehead atoms. The first-order valence-electron chi connectivity index (χ1n) is 5.58. The van der Waals surface area contributed by atoms with E-state index >= 15 is 0 Å². The van der Waals surface area contributed by atoms with E-state index in [9.17, 15) is 5.11 Å². The zero-order valence-electron chi connectivity index (χ0n) is 10.5. The molecule has 96 valence electrons. The van der Waals surface area contributed by atoms with Crippen molar-refractivity contribution in [2.75, 3.05) is 5.32 Å². The third kappa shape index (κ3) is 2.69. The van der Waals surface area contributed by atoms with Crippen LogP contribution in [0.25, 0.3) is 4.98 Å². The van der Waals surface area contributed by atoms with Crippen LogP contribution in [0.4, 0.5) is 17.2 Å². The zero-order chi connectivity index (χ0) is 13.8. The number of hydrogen-bond donors (Lipinski definition) is 1. The molecule has 19 heavy (non-hydrogen) atoms. The molecule has 0 saturated heterocycles. The fourth-order valence-corrected chi connectivity index (χ4v) is 1.65. The van der Waals surface area contributed by atoms with Gasteiger partial charge in [0.05, 0.1) is 6.02 Å². The van der Waals surface area contributed by atoms with Crippen LogP contribution >= 0.6 is 0 Å². The molecular weight excluding hydrogens is 244 g/mol. The predicted molar refractivity (Wildman–Crippen MR) is 69.8 cm³/mol.